The van der Waals surface area contributed by atoms with E-state index < -0.39 is 21.2 Å². The molecule has 1 aliphatic rings. The zero-order chi connectivity index (χ0) is 18.3. The first kappa shape index (κ1) is 16.5. The number of nitrogens with zero attached hydrogens (tertiary/aromatic N) is 1. The van der Waals surface area contributed by atoms with Crippen molar-refractivity contribution in [2.75, 3.05) is 4.72 Å². The number of fused-ring (bicyclic) bond motifs is 1. The maximum Gasteiger partial charge on any atom is 0.338 e. The van der Waals surface area contributed by atoms with Crippen LogP contribution < -0.4 is 4.72 Å². The van der Waals surface area contributed by atoms with Gasteiger partial charge in [-0.05, 0) is 18.9 Å². The molecule has 1 fully saturated rings. The van der Waals surface area contributed by atoms with Crippen molar-refractivity contribution in [3.05, 3.63) is 60.2 Å². The molecule has 0 amide bonds. The van der Waals surface area contributed by atoms with Crippen molar-refractivity contribution in [3.8, 4) is 11.3 Å². The van der Waals surface area contributed by atoms with Gasteiger partial charge in [0.15, 0.2) is 0 Å². The number of hydrogen-bond acceptors (Lipinski definition) is 4. The maximum atomic E-state index is 12.5. The monoisotopic (exact) mass is 368 g/mol. The normalized spacial score (nSPS) is 14.3. The zero-order valence-corrected chi connectivity index (χ0v) is 14.5. The number of anilines is 1. The molecule has 6 nitrogen and oxygen atoms in total. The van der Waals surface area contributed by atoms with Crippen LogP contribution in [0.5, 0.6) is 0 Å². The minimum absolute atomic E-state index is 0.0225. The Labute approximate surface area is 150 Å². The molecule has 0 saturated heterocycles. The Balaban J connectivity index is 2.04. The molecule has 0 spiro atoms. The number of nitrogens with one attached hydrogen (secondary N) is 1. The molecule has 1 heterocycles. The topological polar surface area (TPSA) is 96.4 Å². The first-order valence-electron chi connectivity index (χ1n) is 8.20. The van der Waals surface area contributed by atoms with E-state index in [9.17, 15) is 18.3 Å². The van der Waals surface area contributed by atoms with Crippen LogP contribution in [0.15, 0.2) is 54.6 Å². The van der Waals surface area contributed by atoms with Gasteiger partial charge in [-0.1, -0.05) is 48.5 Å². The number of hydrogen-bond donors (Lipinski definition) is 2. The summed E-state index contributed by atoms with van der Waals surface area (Å²) in [5.41, 5.74) is 1.39. The van der Waals surface area contributed by atoms with E-state index >= 15 is 0 Å². The first-order valence-corrected chi connectivity index (χ1v) is 9.75. The van der Waals surface area contributed by atoms with Crippen LogP contribution in [-0.2, 0) is 10.0 Å². The highest BCUT2D eigenvalue weighted by molar-refractivity contribution is 7.93. The molecule has 2 aromatic carbocycles. The Bertz CT molecular complexity index is 1110. The number of carboxylic acids is 1. The predicted octanol–water partition coefficient (Wildman–Crippen LogP) is 3.50. The molecule has 0 atom stereocenters. The third-order valence-electron chi connectivity index (χ3n) is 4.36. The van der Waals surface area contributed by atoms with Gasteiger partial charge in [0.2, 0.25) is 10.0 Å². The van der Waals surface area contributed by atoms with Gasteiger partial charge in [-0.15, -0.1) is 0 Å². The van der Waals surface area contributed by atoms with Crippen molar-refractivity contribution in [2.24, 2.45) is 0 Å². The van der Waals surface area contributed by atoms with E-state index in [4.69, 9.17) is 0 Å². The van der Waals surface area contributed by atoms with Crippen molar-refractivity contribution in [2.45, 2.75) is 18.1 Å². The van der Waals surface area contributed by atoms with Gasteiger partial charge in [0, 0.05) is 10.9 Å². The summed E-state index contributed by atoms with van der Waals surface area (Å²) in [5, 5.41) is 9.75. The number of sulfonamides is 1. The fraction of sp³-hybridized carbons (Fsp3) is 0.158. The largest absolute Gasteiger partial charge is 0.478 e. The average Bonchev–Trinajstić information content (AvgIpc) is 3.47. The summed E-state index contributed by atoms with van der Waals surface area (Å²) >= 11 is 0. The minimum atomic E-state index is -3.65. The molecular formula is C19H16N2O4S. The van der Waals surface area contributed by atoms with Gasteiger partial charge < -0.3 is 5.11 Å². The van der Waals surface area contributed by atoms with Gasteiger partial charge in [-0.25, -0.2) is 18.2 Å². The molecule has 2 N–H and O–H groups in total. The smallest absolute Gasteiger partial charge is 0.338 e. The maximum absolute atomic E-state index is 12.5. The zero-order valence-electron chi connectivity index (χ0n) is 13.7. The second-order valence-corrected chi connectivity index (χ2v) is 8.21. The summed E-state index contributed by atoms with van der Waals surface area (Å²) in [6.07, 6.45) is 1.17. The van der Waals surface area contributed by atoms with Crippen LogP contribution in [0, 0.1) is 0 Å². The molecule has 0 aliphatic heterocycles. The number of para-hydroxylation sites is 1. The van der Waals surface area contributed by atoms with E-state index in [2.05, 4.69) is 9.71 Å². The Kier molecular flexibility index (Phi) is 3.88. The van der Waals surface area contributed by atoms with E-state index in [0.717, 1.165) is 0 Å². The Hall–Kier alpha value is -2.93. The molecule has 4 rings (SSSR count). The van der Waals surface area contributed by atoms with Crippen molar-refractivity contribution in [3.63, 3.8) is 0 Å². The van der Waals surface area contributed by atoms with E-state index in [-0.39, 0.29) is 11.3 Å². The lowest BCUT2D eigenvalue weighted by Crippen LogP contribution is -2.20. The van der Waals surface area contributed by atoms with E-state index in [1.807, 2.05) is 6.07 Å². The van der Waals surface area contributed by atoms with Crippen LogP contribution in [0.1, 0.15) is 23.2 Å². The molecule has 132 valence electrons. The number of aromatic nitrogens is 1. The lowest BCUT2D eigenvalue weighted by atomic mass is 10.0. The summed E-state index contributed by atoms with van der Waals surface area (Å²) in [4.78, 5) is 16.6. The second-order valence-electron chi connectivity index (χ2n) is 6.25. The molecule has 1 aromatic heterocycles. The average molecular weight is 368 g/mol. The molecule has 0 unspecified atom stereocenters. The summed E-state index contributed by atoms with van der Waals surface area (Å²) < 4.78 is 27.6. The third kappa shape index (κ3) is 2.90. The number of pyridine rings is 1. The van der Waals surface area contributed by atoms with Crippen molar-refractivity contribution in [1.82, 2.24) is 4.98 Å². The standard InChI is InChI=1S/C19H16N2O4S/c22-19(23)16-14-8-4-5-9-15(14)20-17(12-6-2-1-3-7-12)18(16)21-26(24,25)13-10-11-13/h1-9,13,21H,10-11H2,(H,22,23). The Morgan fingerprint density at radius 2 is 1.69 bits per heavy atom. The SMILES string of the molecule is O=C(O)c1c(NS(=O)(=O)C2CC2)c(-c2ccccc2)nc2ccccc12. The van der Waals surface area contributed by atoms with Crippen LogP contribution in [0.3, 0.4) is 0 Å². The molecule has 1 saturated carbocycles. The molecule has 7 heteroatoms. The van der Waals surface area contributed by atoms with E-state index in [0.29, 0.717) is 35.0 Å². The van der Waals surface area contributed by atoms with E-state index in [1.165, 1.54) is 0 Å². The number of aromatic carboxylic acids is 1. The number of benzene rings is 2. The quantitative estimate of drug-likeness (QED) is 0.718. The van der Waals surface area contributed by atoms with Crippen LogP contribution in [0.25, 0.3) is 22.2 Å². The summed E-state index contributed by atoms with van der Waals surface area (Å²) in [5.74, 6) is -1.20. The van der Waals surface area contributed by atoms with Crippen LogP contribution >= 0.6 is 0 Å². The fourth-order valence-corrected chi connectivity index (χ4v) is 4.35. The van der Waals surface area contributed by atoms with Gasteiger partial charge in [0.25, 0.3) is 0 Å². The van der Waals surface area contributed by atoms with Crippen LogP contribution in [-0.4, -0.2) is 29.7 Å². The molecule has 0 radical (unpaired) electrons. The molecule has 26 heavy (non-hydrogen) atoms. The summed E-state index contributed by atoms with van der Waals surface area (Å²) in [6, 6.07) is 15.8. The van der Waals surface area contributed by atoms with Crippen LogP contribution in [0.2, 0.25) is 0 Å². The van der Waals surface area contributed by atoms with Crippen molar-refractivity contribution < 1.29 is 18.3 Å². The summed E-state index contributed by atoms with van der Waals surface area (Å²) in [7, 11) is -3.65. The minimum Gasteiger partial charge on any atom is -0.478 e. The van der Waals surface area contributed by atoms with E-state index in [1.54, 1.807) is 48.5 Å². The fourth-order valence-electron chi connectivity index (χ4n) is 2.94. The second kappa shape index (κ2) is 6.10. The molecule has 3 aromatic rings. The van der Waals surface area contributed by atoms with Gasteiger partial charge in [-0.3, -0.25) is 4.72 Å². The molecule has 0 bridgehead atoms. The molecular weight excluding hydrogens is 352 g/mol. The number of rotatable bonds is 5. The highest BCUT2D eigenvalue weighted by atomic mass is 32.2. The lowest BCUT2D eigenvalue weighted by molar-refractivity contribution is 0.0700. The van der Waals surface area contributed by atoms with Gasteiger partial charge in [0.1, 0.15) is 0 Å². The third-order valence-corrected chi connectivity index (χ3v) is 6.20. The Morgan fingerprint density at radius 1 is 1.04 bits per heavy atom. The van der Waals surface area contributed by atoms with Gasteiger partial charge >= 0.3 is 5.97 Å². The summed E-state index contributed by atoms with van der Waals surface area (Å²) in [6.45, 7) is 0. The van der Waals surface area contributed by atoms with Gasteiger partial charge in [-0.2, -0.15) is 0 Å². The molecule has 1 aliphatic carbocycles. The van der Waals surface area contributed by atoms with Crippen molar-refractivity contribution in [1.29, 1.82) is 0 Å². The predicted molar refractivity (Wildman–Crippen MR) is 99.7 cm³/mol. The highest BCUT2D eigenvalue weighted by Gasteiger charge is 2.37. The lowest BCUT2D eigenvalue weighted by Gasteiger charge is -2.16. The number of carboxylic acid groups (broad SMARTS) is 1. The van der Waals surface area contributed by atoms with Crippen molar-refractivity contribution >= 4 is 32.6 Å². The first-order chi connectivity index (χ1) is 12.5. The Morgan fingerprint density at radius 3 is 2.35 bits per heavy atom. The highest BCUT2D eigenvalue weighted by Crippen LogP contribution is 2.37. The van der Waals surface area contributed by atoms with Gasteiger partial charge in [0.05, 0.1) is 27.7 Å². The van der Waals surface area contributed by atoms with Crippen LogP contribution in [0.4, 0.5) is 5.69 Å². The number of carbonyl (C=O) groups is 1.